The highest BCUT2D eigenvalue weighted by atomic mass is 35.5. The van der Waals surface area contributed by atoms with Crippen molar-refractivity contribution in [3.8, 4) is 0 Å². The largest absolute Gasteiger partial charge is 0.444 e. The molecule has 2 N–H and O–H groups in total. The third-order valence-electron chi connectivity index (χ3n) is 8.95. The second-order valence-electron chi connectivity index (χ2n) is 12.9. The minimum atomic E-state index is -0.508. The van der Waals surface area contributed by atoms with Gasteiger partial charge in [-0.05, 0) is 82.7 Å². The van der Waals surface area contributed by atoms with Gasteiger partial charge in [0.25, 0.3) is 0 Å². The summed E-state index contributed by atoms with van der Waals surface area (Å²) >= 11 is 6.46. The molecule has 3 aliphatic rings. The maximum absolute atomic E-state index is 12.9. The zero-order valence-corrected chi connectivity index (χ0v) is 25.5. The zero-order chi connectivity index (χ0) is 28.3. The van der Waals surface area contributed by atoms with Gasteiger partial charge in [0.05, 0.1) is 17.2 Å². The summed E-state index contributed by atoms with van der Waals surface area (Å²) in [5.41, 5.74) is 1.49. The quantitative estimate of drug-likeness (QED) is 0.522. The van der Waals surface area contributed by atoms with Gasteiger partial charge in [-0.25, -0.2) is 4.79 Å². The van der Waals surface area contributed by atoms with Gasteiger partial charge >= 0.3 is 6.09 Å². The molecule has 0 aliphatic carbocycles. The van der Waals surface area contributed by atoms with Gasteiger partial charge in [0, 0.05) is 69.0 Å². The van der Waals surface area contributed by atoms with Crippen LogP contribution < -0.4 is 10.6 Å². The highest BCUT2D eigenvalue weighted by molar-refractivity contribution is 6.31. The second-order valence-corrected chi connectivity index (χ2v) is 13.4. The Balaban J connectivity index is 1.20. The van der Waals surface area contributed by atoms with Gasteiger partial charge < -0.3 is 20.3 Å². The summed E-state index contributed by atoms with van der Waals surface area (Å²) in [6, 6.07) is 8.24. The predicted octanol–water partition coefficient (Wildman–Crippen LogP) is 4.68. The number of halogens is 1. The standard InChI is InChI=1S/C31H47ClN6O2/c1-5-36-15-17-37(18-16-36)22-31(35-29(39)40-30(2,3)4)10-13-38(14-11-31)28-9-8-23(21-34-28)26-19-24(32)20-27-25(26)7-6-12-33-27/h6-7,12,19-20,23,28,34H,5,8-11,13-18,21-22H2,1-4H3,(H,35,39). The number of nitrogens with zero attached hydrogens (tertiary/aromatic N) is 4. The van der Waals surface area contributed by atoms with E-state index >= 15 is 0 Å². The Morgan fingerprint density at radius 1 is 1.12 bits per heavy atom. The lowest BCUT2D eigenvalue weighted by molar-refractivity contribution is 0.0164. The highest BCUT2D eigenvalue weighted by Gasteiger charge is 2.41. The number of nitrogens with one attached hydrogen (secondary N) is 2. The number of pyridine rings is 1. The normalized spacial score (nSPS) is 25.1. The van der Waals surface area contributed by atoms with Crippen molar-refractivity contribution in [1.82, 2.24) is 30.3 Å². The van der Waals surface area contributed by atoms with Crippen molar-refractivity contribution >= 4 is 28.6 Å². The third kappa shape index (κ3) is 7.26. The Morgan fingerprint density at radius 3 is 2.50 bits per heavy atom. The first-order chi connectivity index (χ1) is 19.1. The molecule has 3 saturated heterocycles. The van der Waals surface area contributed by atoms with E-state index in [1.165, 1.54) is 10.9 Å². The van der Waals surface area contributed by atoms with Gasteiger partial charge in [-0.3, -0.25) is 14.8 Å². The summed E-state index contributed by atoms with van der Waals surface area (Å²) in [4.78, 5) is 25.1. The number of hydrogen-bond acceptors (Lipinski definition) is 7. The number of piperazine rings is 1. The van der Waals surface area contributed by atoms with E-state index in [1.807, 2.05) is 39.1 Å². The van der Waals surface area contributed by atoms with E-state index in [-0.39, 0.29) is 11.6 Å². The number of rotatable bonds is 6. The van der Waals surface area contributed by atoms with Crippen molar-refractivity contribution in [3.05, 3.63) is 41.0 Å². The molecule has 1 aromatic heterocycles. The van der Waals surface area contributed by atoms with Crippen LogP contribution in [0.2, 0.25) is 5.02 Å². The molecule has 2 unspecified atom stereocenters. The maximum Gasteiger partial charge on any atom is 0.408 e. The van der Waals surface area contributed by atoms with Crippen LogP contribution in [0.25, 0.3) is 10.9 Å². The Morgan fingerprint density at radius 2 is 1.85 bits per heavy atom. The molecule has 3 fully saturated rings. The fraction of sp³-hybridized carbons (Fsp3) is 0.677. The van der Waals surface area contributed by atoms with Crippen LogP contribution in [0, 0.1) is 0 Å². The maximum atomic E-state index is 12.9. The van der Waals surface area contributed by atoms with Crippen LogP contribution in [0.4, 0.5) is 4.79 Å². The van der Waals surface area contributed by atoms with Crippen molar-refractivity contribution in [3.63, 3.8) is 0 Å². The first-order valence-corrected chi connectivity index (χ1v) is 15.5. The van der Waals surface area contributed by atoms with Gasteiger partial charge in [0.15, 0.2) is 0 Å². The SMILES string of the molecule is CCN1CCN(CC2(NC(=O)OC(C)(C)C)CCN(C3CCC(c4cc(Cl)cc5ncccc45)CN3)CC2)CC1. The number of likely N-dealkylation sites (N-methyl/N-ethyl adjacent to an activating group) is 1. The van der Waals surface area contributed by atoms with E-state index in [0.29, 0.717) is 12.1 Å². The number of carbonyl (C=O) groups is 1. The van der Waals surface area contributed by atoms with Gasteiger partial charge in [0.2, 0.25) is 0 Å². The van der Waals surface area contributed by atoms with Gasteiger partial charge in [-0.1, -0.05) is 24.6 Å². The first kappa shape index (κ1) is 29.5. The summed E-state index contributed by atoms with van der Waals surface area (Å²) in [7, 11) is 0. The van der Waals surface area contributed by atoms with Gasteiger partial charge in [-0.15, -0.1) is 0 Å². The van der Waals surface area contributed by atoms with Crippen LogP contribution >= 0.6 is 11.6 Å². The van der Waals surface area contributed by atoms with Crippen LogP contribution in [-0.4, -0.2) is 102 Å². The fourth-order valence-electron chi connectivity index (χ4n) is 6.73. The van der Waals surface area contributed by atoms with Gasteiger partial charge in [0.1, 0.15) is 5.60 Å². The summed E-state index contributed by atoms with van der Waals surface area (Å²) in [6.07, 6.45) is 5.93. The summed E-state index contributed by atoms with van der Waals surface area (Å²) in [6.45, 7) is 17.1. The fourth-order valence-corrected chi connectivity index (χ4v) is 6.95. The van der Waals surface area contributed by atoms with Crippen molar-refractivity contribution in [1.29, 1.82) is 0 Å². The number of amides is 1. The monoisotopic (exact) mass is 570 g/mol. The first-order valence-electron chi connectivity index (χ1n) is 15.1. The number of carbonyl (C=O) groups excluding carboxylic acids is 1. The molecular formula is C31H47ClN6O2. The van der Waals surface area contributed by atoms with Crippen LogP contribution in [0.1, 0.15) is 64.9 Å². The summed E-state index contributed by atoms with van der Waals surface area (Å²) < 4.78 is 5.71. The van der Waals surface area contributed by atoms with Crippen LogP contribution in [0.5, 0.6) is 0 Å². The van der Waals surface area contributed by atoms with Crippen molar-refractivity contribution in [2.24, 2.45) is 0 Å². The topological polar surface area (TPSA) is 73.0 Å². The van der Waals surface area contributed by atoms with Crippen LogP contribution in [-0.2, 0) is 4.74 Å². The molecule has 0 radical (unpaired) electrons. The smallest absolute Gasteiger partial charge is 0.408 e. The number of alkyl carbamates (subject to hydrolysis) is 1. The minimum Gasteiger partial charge on any atom is -0.444 e. The molecule has 1 amide bonds. The molecule has 220 valence electrons. The number of ether oxygens (including phenoxy) is 1. The Kier molecular flexibility index (Phi) is 9.22. The average Bonchev–Trinajstić information content (AvgIpc) is 2.92. The molecule has 4 heterocycles. The van der Waals surface area contributed by atoms with E-state index in [4.69, 9.17) is 16.3 Å². The molecule has 2 aromatic rings. The van der Waals surface area contributed by atoms with Crippen LogP contribution in [0.3, 0.4) is 0 Å². The second kappa shape index (κ2) is 12.5. The number of piperidine rings is 2. The van der Waals surface area contributed by atoms with E-state index < -0.39 is 5.60 Å². The molecule has 3 aliphatic heterocycles. The molecule has 0 spiro atoms. The third-order valence-corrected chi connectivity index (χ3v) is 9.16. The lowest BCUT2D eigenvalue weighted by Crippen LogP contribution is -2.64. The van der Waals surface area contributed by atoms with E-state index in [1.54, 1.807) is 0 Å². The molecule has 0 saturated carbocycles. The molecule has 1 aromatic carbocycles. The average molecular weight is 571 g/mol. The summed E-state index contributed by atoms with van der Waals surface area (Å²) in [5, 5.41) is 9.16. The van der Waals surface area contributed by atoms with Gasteiger partial charge in [-0.2, -0.15) is 0 Å². The molecule has 8 nitrogen and oxygen atoms in total. The molecule has 9 heteroatoms. The Hall–Kier alpha value is -1.97. The molecular weight excluding hydrogens is 524 g/mol. The lowest BCUT2D eigenvalue weighted by atomic mass is 9.84. The number of likely N-dealkylation sites (tertiary alicyclic amines) is 1. The zero-order valence-electron chi connectivity index (χ0n) is 24.7. The highest BCUT2D eigenvalue weighted by Crippen LogP contribution is 2.34. The molecule has 0 bridgehead atoms. The number of aromatic nitrogens is 1. The molecule has 2 atom stereocenters. The number of fused-ring (bicyclic) bond motifs is 1. The Labute approximate surface area is 244 Å². The van der Waals surface area contributed by atoms with Crippen molar-refractivity contribution in [2.75, 3.05) is 58.9 Å². The summed E-state index contributed by atoms with van der Waals surface area (Å²) in [5.74, 6) is 0.418. The minimum absolute atomic E-state index is 0.267. The van der Waals surface area contributed by atoms with Crippen molar-refractivity contribution in [2.45, 2.75) is 76.6 Å². The molecule has 5 rings (SSSR count). The van der Waals surface area contributed by atoms with E-state index in [9.17, 15) is 4.79 Å². The van der Waals surface area contributed by atoms with Crippen molar-refractivity contribution < 1.29 is 9.53 Å². The van der Waals surface area contributed by atoms with E-state index in [0.717, 1.165) is 95.1 Å². The van der Waals surface area contributed by atoms with E-state index in [2.05, 4.69) is 49.4 Å². The number of benzene rings is 1. The van der Waals surface area contributed by atoms with Crippen LogP contribution in [0.15, 0.2) is 30.5 Å². The predicted molar refractivity (Wildman–Crippen MR) is 162 cm³/mol. The lowest BCUT2D eigenvalue weighted by Gasteiger charge is -2.48. The number of hydrogen-bond donors (Lipinski definition) is 2. The molecule has 40 heavy (non-hydrogen) atoms. The Bertz CT molecular complexity index is 1150.